The smallest absolute Gasteiger partial charge is 0.305 e. The van der Waals surface area contributed by atoms with Gasteiger partial charge in [0.05, 0.1) is 38.8 Å². The first-order chi connectivity index (χ1) is 11.5. The predicted molar refractivity (Wildman–Crippen MR) is 82.9 cm³/mol. The fourth-order valence-corrected chi connectivity index (χ4v) is 2.23. The molecule has 1 amide bonds. The Balaban J connectivity index is 2.18. The van der Waals surface area contributed by atoms with Crippen molar-refractivity contribution in [3.05, 3.63) is 41.8 Å². The van der Waals surface area contributed by atoms with Crippen LogP contribution >= 0.6 is 0 Å². The molecule has 1 heterocycles. The number of nitrogens with zero attached hydrogens (tertiary/aromatic N) is 1. The van der Waals surface area contributed by atoms with Gasteiger partial charge in [0.2, 0.25) is 5.91 Å². The SMILES string of the molecule is COc1ccc(C(CC(=O)O)NC(=O)Cc2ccon2)cc1OC. The first-order valence-corrected chi connectivity index (χ1v) is 7.15. The molecule has 0 saturated heterocycles. The lowest BCUT2D eigenvalue weighted by Gasteiger charge is -2.19. The monoisotopic (exact) mass is 334 g/mol. The maximum Gasteiger partial charge on any atom is 0.305 e. The maximum absolute atomic E-state index is 12.1. The Labute approximate surface area is 138 Å². The van der Waals surface area contributed by atoms with E-state index in [1.807, 2.05) is 0 Å². The van der Waals surface area contributed by atoms with Gasteiger partial charge in [0.1, 0.15) is 6.26 Å². The molecule has 8 heteroatoms. The highest BCUT2D eigenvalue weighted by molar-refractivity contribution is 5.79. The van der Waals surface area contributed by atoms with Crippen LogP contribution in [0.2, 0.25) is 0 Å². The zero-order valence-corrected chi connectivity index (χ0v) is 13.3. The molecule has 0 spiro atoms. The van der Waals surface area contributed by atoms with Crippen molar-refractivity contribution in [2.75, 3.05) is 14.2 Å². The summed E-state index contributed by atoms with van der Waals surface area (Å²) in [6.45, 7) is 0. The van der Waals surface area contributed by atoms with E-state index in [-0.39, 0.29) is 18.7 Å². The molecule has 0 bridgehead atoms. The number of amides is 1. The molecule has 24 heavy (non-hydrogen) atoms. The Morgan fingerprint density at radius 3 is 2.58 bits per heavy atom. The van der Waals surface area contributed by atoms with Gasteiger partial charge in [0.15, 0.2) is 11.5 Å². The third-order valence-electron chi connectivity index (χ3n) is 3.36. The summed E-state index contributed by atoms with van der Waals surface area (Å²) < 4.78 is 15.0. The number of aromatic nitrogens is 1. The summed E-state index contributed by atoms with van der Waals surface area (Å²) in [7, 11) is 2.99. The number of benzene rings is 1. The van der Waals surface area contributed by atoms with E-state index in [9.17, 15) is 9.59 Å². The quantitative estimate of drug-likeness (QED) is 0.753. The molecule has 0 radical (unpaired) electrons. The average molecular weight is 334 g/mol. The van der Waals surface area contributed by atoms with Crippen molar-refractivity contribution < 1.29 is 28.7 Å². The molecule has 1 aromatic heterocycles. The number of carboxylic acid groups (broad SMARTS) is 1. The Kier molecular flexibility index (Phi) is 5.78. The van der Waals surface area contributed by atoms with Gasteiger partial charge in [-0.1, -0.05) is 11.2 Å². The van der Waals surface area contributed by atoms with Crippen molar-refractivity contribution in [2.24, 2.45) is 0 Å². The molecule has 2 rings (SSSR count). The van der Waals surface area contributed by atoms with Gasteiger partial charge in [0, 0.05) is 6.07 Å². The fourth-order valence-electron chi connectivity index (χ4n) is 2.23. The van der Waals surface area contributed by atoms with Gasteiger partial charge in [-0.3, -0.25) is 9.59 Å². The number of hydrogen-bond acceptors (Lipinski definition) is 6. The molecule has 0 aliphatic heterocycles. The fraction of sp³-hybridized carbons (Fsp3) is 0.312. The summed E-state index contributed by atoms with van der Waals surface area (Å²) in [5, 5.41) is 15.5. The van der Waals surface area contributed by atoms with Crippen molar-refractivity contribution in [2.45, 2.75) is 18.9 Å². The molecule has 1 atom stereocenters. The van der Waals surface area contributed by atoms with Crippen LogP contribution in [0.4, 0.5) is 0 Å². The molecule has 0 fully saturated rings. The van der Waals surface area contributed by atoms with Crippen LogP contribution in [-0.4, -0.2) is 36.4 Å². The number of ether oxygens (including phenoxy) is 2. The first kappa shape index (κ1) is 17.3. The second-order valence-electron chi connectivity index (χ2n) is 5.00. The number of nitrogens with one attached hydrogen (secondary N) is 1. The van der Waals surface area contributed by atoms with Gasteiger partial charge in [0.25, 0.3) is 0 Å². The minimum absolute atomic E-state index is 0.0000906. The lowest BCUT2D eigenvalue weighted by Crippen LogP contribution is -2.31. The molecule has 8 nitrogen and oxygen atoms in total. The lowest BCUT2D eigenvalue weighted by atomic mass is 10.0. The number of carboxylic acids is 1. The standard InChI is InChI=1S/C16H18N2O6/c1-22-13-4-3-10(7-14(13)23-2)12(9-16(20)21)17-15(19)8-11-5-6-24-18-11/h3-7,12H,8-9H2,1-2H3,(H,17,19)(H,20,21). The van der Waals surface area contributed by atoms with Crippen LogP contribution in [0.25, 0.3) is 0 Å². The highest BCUT2D eigenvalue weighted by atomic mass is 16.5. The largest absolute Gasteiger partial charge is 0.493 e. The summed E-state index contributed by atoms with van der Waals surface area (Å²) in [6, 6.07) is 5.85. The lowest BCUT2D eigenvalue weighted by molar-refractivity contribution is -0.137. The van der Waals surface area contributed by atoms with Gasteiger partial charge in [-0.25, -0.2) is 0 Å². The summed E-state index contributed by atoms with van der Waals surface area (Å²) in [4.78, 5) is 23.2. The molecule has 128 valence electrons. The van der Waals surface area contributed by atoms with E-state index in [0.29, 0.717) is 22.8 Å². The van der Waals surface area contributed by atoms with E-state index in [1.54, 1.807) is 24.3 Å². The van der Waals surface area contributed by atoms with Crippen LogP contribution in [0, 0.1) is 0 Å². The minimum atomic E-state index is -1.03. The van der Waals surface area contributed by atoms with Crippen molar-refractivity contribution >= 4 is 11.9 Å². The van der Waals surface area contributed by atoms with E-state index in [0.717, 1.165) is 0 Å². The van der Waals surface area contributed by atoms with Gasteiger partial charge < -0.3 is 24.4 Å². The van der Waals surface area contributed by atoms with E-state index in [2.05, 4.69) is 15.0 Å². The number of carbonyl (C=O) groups excluding carboxylic acids is 1. The number of carbonyl (C=O) groups is 2. The zero-order chi connectivity index (χ0) is 17.5. The normalized spacial score (nSPS) is 11.6. The van der Waals surface area contributed by atoms with Crippen LogP contribution in [0.5, 0.6) is 11.5 Å². The maximum atomic E-state index is 12.1. The average Bonchev–Trinajstić information content (AvgIpc) is 3.05. The Morgan fingerprint density at radius 2 is 2.00 bits per heavy atom. The molecule has 0 aliphatic rings. The molecule has 0 aliphatic carbocycles. The minimum Gasteiger partial charge on any atom is -0.493 e. The van der Waals surface area contributed by atoms with Crippen LogP contribution in [-0.2, 0) is 16.0 Å². The van der Waals surface area contributed by atoms with Gasteiger partial charge in [-0.05, 0) is 17.7 Å². The topological polar surface area (TPSA) is 111 Å². The van der Waals surface area contributed by atoms with Crippen LogP contribution in [0.15, 0.2) is 35.1 Å². The Hall–Kier alpha value is -3.03. The van der Waals surface area contributed by atoms with E-state index in [4.69, 9.17) is 14.6 Å². The summed E-state index contributed by atoms with van der Waals surface area (Å²) in [5.74, 6) is -0.415. The second kappa shape index (κ2) is 8.00. The number of aliphatic carboxylic acids is 1. The van der Waals surface area contributed by atoms with Crippen molar-refractivity contribution in [3.63, 3.8) is 0 Å². The Morgan fingerprint density at radius 1 is 1.25 bits per heavy atom. The van der Waals surface area contributed by atoms with Crippen molar-refractivity contribution in [1.82, 2.24) is 10.5 Å². The number of hydrogen-bond donors (Lipinski definition) is 2. The third kappa shape index (κ3) is 4.48. The summed E-state index contributed by atoms with van der Waals surface area (Å²) in [5.41, 5.74) is 1.07. The van der Waals surface area contributed by atoms with Gasteiger partial charge in [-0.15, -0.1) is 0 Å². The van der Waals surface area contributed by atoms with Crippen LogP contribution < -0.4 is 14.8 Å². The van der Waals surface area contributed by atoms with E-state index >= 15 is 0 Å². The second-order valence-corrected chi connectivity index (χ2v) is 5.00. The summed E-state index contributed by atoms with van der Waals surface area (Å²) >= 11 is 0. The highest BCUT2D eigenvalue weighted by Gasteiger charge is 2.20. The van der Waals surface area contributed by atoms with Crippen LogP contribution in [0.1, 0.15) is 23.7 Å². The van der Waals surface area contributed by atoms with E-state index < -0.39 is 12.0 Å². The van der Waals surface area contributed by atoms with Crippen molar-refractivity contribution in [1.29, 1.82) is 0 Å². The summed E-state index contributed by atoms with van der Waals surface area (Å²) in [6.07, 6.45) is 1.10. The molecular weight excluding hydrogens is 316 g/mol. The predicted octanol–water partition coefficient (Wildman–Crippen LogP) is 1.57. The molecule has 0 saturated carbocycles. The molecule has 1 unspecified atom stereocenters. The van der Waals surface area contributed by atoms with Crippen molar-refractivity contribution in [3.8, 4) is 11.5 Å². The first-order valence-electron chi connectivity index (χ1n) is 7.15. The molecule has 2 aromatic rings. The Bertz CT molecular complexity index is 699. The van der Waals surface area contributed by atoms with Crippen LogP contribution in [0.3, 0.4) is 0 Å². The highest BCUT2D eigenvalue weighted by Crippen LogP contribution is 2.31. The molecular formula is C16H18N2O6. The number of rotatable bonds is 8. The van der Waals surface area contributed by atoms with E-state index in [1.165, 1.54) is 20.5 Å². The number of methoxy groups -OCH3 is 2. The molecule has 1 aromatic carbocycles. The van der Waals surface area contributed by atoms with Gasteiger partial charge in [-0.2, -0.15) is 0 Å². The zero-order valence-electron chi connectivity index (χ0n) is 13.3. The third-order valence-corrected chi connectivity index (χ3v) is 3.36. The van der Waals surface area contributed by atoms with Gasteiger partial charge >= 0.3 is 5.97 Å². The molecule has 2 N–H and O–H groups in total.